The van der Waals surface area contributed by atoms with Crippen molar-refractivity contribution < 1.29 is 23.4 Å². The Morgan fingerprint density at radius 2 is 1.59 bits per heavy atom. The molecule has 0 heterocycles. The molecule has 0 saturated carbocycles. The molecular weight excluding hydrogens is 304 g/mol. The summed E-state index contributed by atoms with van der Waals surface area (Å²) in [6.45, 7) is 0. The topological polar surface area (TPSA) is 91.7 Å². The van der Waals surface area contributed by atoms with E-state index in [-0.39, 0.29) is 22.8 Å². The van der Waals surface area contributed by atoms with Crippen LogP contribution in [0.2, 0.25) is 0 Å². The van der Waals surface area contributed by atoms with Gasteiger partial charge in [-0.2, -0.15) is 0 Å². The molecule has 0 radical (unpaired) electrons. The molecule has 0 bridgehead atoms. The van der Waals surface area contributed by atoms with E-state index in [1.54, 1.807) is 30.3 Å². The molecule has 2 N–H and O–H groups in total. The second kappa shape index (κ2) is 6.62. The number of hydrogen-bond acceptors (Lipinski definition) is 4. The van der Waals surface area contributed by atoms with Crippen molar-refractivity contribution >= 4 is 15.8 Å². The molecule has 2 aromatic rings. The van der Waals surface area contributed by atoms with E-state index in [1.807, 2.05) is 0 Å². The van der Waals surface area contributed by atoms with Crippen LogP contribution in [-0.4, -0.2) is 30.4 Å². The standard InChI is InChI=1S/C16H16O5S/c17-14-6-8-15(9-7-14)22(20,21)11-13(10-16(18)19)12-4-2-1-3-5-12/h1-9,13,17H,10-11H2,(H,18,19). The molecule has 0 aromatic heterocycles. The van der Waals surface area contributed by atoms with Crippen molar-refractivity contribution in [2.24, 2.45) is 0 Å². The molecule has 116 valence electrons. The lowest BCUT2D eigenvalue weighted by Crippen LogP contribution is -2.18. The number of aromatic hydroxyl groups is 1. The fourth-order valence-corrected chi connectivity index (χ4v) is 3.81. The summed E-state index contributed by atoms with van der Waals surface area (Å²) < 4.78 is 24.9. The van der Waals surface area contributed by atoms with Crippen molar-refractivity contribution in [3.05, 3.63) is 60.2 Å². The number of carboxylic acids is 1. The van der Waals surface area contributed by atoms with Crippen LogP contribution in [0.25, 0.3) is 0 Å². The number of hydrogen-bond donors (Lipinski definition) is 2. The van der Waals surface area contributed by atoms with Gasteiger partial charge in [0.05, 0.1) is 17.1 Å². The highest BCUT2D eigenvalue weighted by molar-refractivity contribution is 7.91. The first kappa shape index (κ1) is 16.0. The van der Waals surface area contributed by atoms with Crippen LogP contribution in [-0.2, 0) is 14.6 Å². The fourth-order valence-electron chi connectivity index (χ4n) is 2.22. The lowest BCUT2D eigenvalue weighted by Gasteiger charge is -2.15. The Kier molecular flexibility index (Phi) is 4.82. The van der Waals surface area contributed by atoms with Crippen LogP contribution in [0.15, 0.2) is 59.5 Å². The van der Waals surface area contributed by atoms with E-state index in [0.717, 1.165) is 0 Å². The minimum Gasteiger partial charge on any atom is -0.508 e. The maximum atomic E-state index is 12.4. The number of rotatable bonds is 6. The molecule has 0 fully saturated rings. The highest BCUT2D eigenvalue weighted by Gasteiger charge is 2.24. The molecule has 0 aliphatic carbocycles. The molecule has 0 aliphatic heterocycles. The van der Waals surface area contributed by atoms with Gasteiger partial charge in [0, 0.05) is 5.92 Å². The predicted octanol–water partition coefficient (Wildman–Crippen LogP) is 2.42. The van der Waals surface area contributed by atoms with Crippen molar-refractivity contribution in [3.8, 4) is 5.75 Å². The quantitative estimate of drug-likeness (QED) is 0.853. The number of phenols is 1. The number of phenolic OH excluding ortho intramolecular Hbond substituents is 1. The lowest BCUT2D eigenvalue weighted by molar-refractivity contribution is -0.137. The Morgan fingerprint density at radius 3 is 2.14 bits per heavy atom. The Bertz CT molecular complexity index is 736. The second-order valence-corrected chi connectivity index (χ2v) is 7.02. The first-order valence-electron chi connectivity index (χ1n) is 6.67. The second-order valence-electron chi connectivity index (χ2n) is 4.98. The van der Waals surface area contributed by atoms with Gasteiger partial charge in [0.15, 0.2) is 9.84 Å². The zero-order valence-corrected chi connectivity index (χ0v) is 12.5. The molecule has 6 heteroatoms. The Morgan fingerprint density at radius 1 is 1.00 bits per heavy atom. The van der Waals surface area contributed by atoms with E-state index in [9.17, 15) is 18.3 Å². The predicted molar refractivity (Wildman–Crippen MR) is 81.6 cm³/mol. The average Bonchev–Trinajstić information content (AvgIpc) is 2.47. The van der Waals surface area contributed by atoms with Gasteiger partial charge in [-0.15, -0.1) is 0 Å². The van der Waals surface area contributed by atoms with Crippen molar-refractivity contribution in [1.82, 2.24) is 0 Å². The summed E-state index contributed by atoms with van der Waals surface area (Å²) in [5.74, 6) is -2.00. The number of sulfone groups is 1. The van der Waals surface area contributed by atoms with E-state index < -0.39 is 21.7 Å². The van der Waals surface area contributed by atoms with E-state index >= 15 is 0 Å². The van der Waals surface area contributed by atoms with Gasteiger partial charge < -0.3 is 10.2 Å². The van der Waals surface area contributed by atoms with Crippen LogP contribution in [0.4, 0.5) is 0 Å². The van der Waals surface area contributed by atoms with Gasteiger partial charge in [0.2, 0.25) is 0 Å². The maximum Gasteiger partial charge on any atom is 0.303 e. The molecule has 1 atom stereocenters. The molecule has 0 spiro atoms. The third-order valence-corrected chi connectivity index (χ3v) is 5.14. The Balaban J connectivity index is 2.30. The molecule has 22 heavy (non-hydrogen) atoms. The highest BCUT2D eigenvalue weighted by Crippen LogP contribution is 2.25. The summed E-state index contributed by atoms with van der Waals surface area (Å²) in [6.07, 6.45) is -0.263. The SMILES string of the molecule is O=C(O)CC(CS(=O)(=O)c1ccc(O)cc1)c1ccccc1. The molecule has 5 nitrogen and oxygen atoms in total. The third kappa shape index (κ3) is 4.08. The number of benzene rings is 2. The molecule has 1 unspecified atom stereocenters. The summed E-state index contributed by atoms with van der Waals surface area (Å²) in [5, 5.41) is 18.2. The van der Waals surface area contributed by atoms with Gasteiger partial charge in [0.1, 0.15) is 5.75 Å². The molecule has 2 rings (SSSR count). The normalized spacial score (nSPS) is 12.7. The van der Waals surface area contributed by atoms with E-state index in [0.29, 0.717) is 5.56 Å². The largest absolute Gasteiger partial charge is 0.508 e. The number of aliphatic carboxylic acids is 1. The zero-order chi connectivity index (χ0) is 16.2. The van der Waals surface area contributed by atoms with Crippen LogP contribution in [0.5, 0.6) is 5.75 Å². The van der Waals surface area contributed by atoms with E-state index in [4.69, 9.17) is 5.11 Å². The minimum absolute atomic E-state index is 0.0240. The van der Waals surface area contributed by atoms with Crippen LogP contribution in [0.1, 0.15) is 17.9 Å². The summed E-state index contributed by atoms with van der Waals surface area (Å²) in [4.78, 5) is 11.1. The maximum absolute atomic E-state index is 12.4. The van der Waals surface area contributed by atoms with Crippen molar-refractivity contribution in [3.63, 3.8) is 0 Å². The lowest BCUT2D eigenvalue weighted by atomic mass is 9.98. The number of carboxylic acid groups (broad SMARTS) is 1. The summed E-state index contributed by atoms with van der Waals surface area (Å²) in [6, 6.07) is 13.9. The smallest absolute Gasteiger partial charge is 0.303 e. The number of carbonyl (C=O) groups is 1. The average molecular weight is 320 g/mol. The molecule has 0 saturated heterocycles. The van der Waals surface area contributed by atoms with Crippen LogP contribution >= 0.6 is 0 Å². The highest BCUT2D eigenvalue weighted by atomic mass is 32.2. The van der Waals surface area contributed by atoms with Gasteiger partial charge in [-0.05, 0) is 29.8 Å². The van der Waals surface area contributed by atoms with Crippen molar-refractivity contribution in [2.75, 3.05) is 5.75 Å². The molecular formula is C16H16O5S. The van der Waals surface area contributed by atoms with E-state index in [1.165, 1.54) is 24.3 Å². The fraction of sp³-hybridized carbons (Fsp3) is 0.188. The first-order chi connectivity index (χ1) is 10.4. The van der Waals surface area contributed by atoms with Gasteiger partial charge in [-0.1, -0.05) is 30.3 Å². The molecule has 0 amide bonds. The molecule has 2 aromatic carbocycles. The van der Waals surface area contributed by atoms with E-state index in [2.05, 4.69) is 0 Å². The third-order valence-electron chi connectivity index (χ3n) is 3.31. The van der Waals surface area contributed by atoms with Crippen LogP contribution in [0.3, 0.4) is 0 Å². The minimum atomic E-state index is -3.64. The summed E-state index contributed by atoms with van der Waals surface area (Å²) in [7, 11) is -3.64. The Hall–Kier alpha value is -2.34. The Labute approximate surface area is 128 Å². The van der Waals surface area contributed by atoms with Crippen molar-refractivity contribution in [1.29, 1.82) is 0 Å². The van der Waals surface area contributed by atoms with Gasteiger partial charge in [-0.3, -0.25) is 4.79 Å². The van der Waals surface area contributed by atoms with Gasteiger partial charge in [-0.25, -0.2) is 8.42 Å². The van der Waals surface area contributed by atoms with Crippen molar-refractivity contribution in [2.45, 2.75) is 17.2 Å². The monoisotopic (exact) mass is 320 g/mol. The van der Waals surface area contributed by atoms with Crippen LogP contribution < -0.4 is 0 Å². The van der Waals surface area contributed by atoms with Gasteiger partial charge >= 0.3 is 5.97 Å². The van der Waals surface area contributed by atoms with Crippen LogP contribution in [0, 0.1) is 0 Å². The molecule has 0 aliphatic rings. The zero-order valence-electron chi connectivity index (χ0n) is 11.7. The summed E-state index contributed by atoms with van der Waals surface area (Å²) in [5.41, 5.74) is 0.673. The summed E-state index contributed by atoms with van der Waals surface area (Å²) >= 11 is 0. The first-order valence-corrected chi connectivity index (χ1v) is 8.32. The van der Waals surface area contributed by atoms with Gasteiger partial charge in [0.25, 0.3) is 0 Å².